The molecule has 0 radical (unpaired) electrons. The summed E-state index contributed by atoms with van der Waals surface area (Å²) in [5.41, 5.74) is 3.40. The molecule has 0 bridgehead atoms. The van der Waals surface area contributed by atoms with E-state index >= 15 is 0 Å². The van der Waals surface area contributed by atoms with Crippen LogP contribution in [0.2, 0.25) is 0 Å². The number of halogens is 1. The summed E-state index contributed by atoms with van der Waals surface area (Å²) in [6.45, 7) is 1.90. The lowest BCUT2D eigenvalue weighted by Gasteiger charge is -2.10. The predicted octanol–water partition coefficient (Wildman–Crippen LogP) is 3.60. The van der Waals surface area contributed by atoms with Gasteiger partial charge in [0, 0.05) is 29.7 Å². The Morgan fingerprint density at radius 1 is 1.29 bits per heavy atom. The molecule has 0 saturated heterocycles. The molecule has 3 rings (SSSR count). The van der Waals surface area contributed by atoms with Crippen LogP contribution in [0.25, 0.3) is 10.9 Å². The molecule has 2 aromatic rings. The van der Waals surface area contributed by atoms with E-state index in [1.54, 1.807) is 6.07 Å². The number of rotatable bonds is 2. The minimum atomic E-state index is -0.223. The van der Waals surface area contributed by atoms with Crippen LogP contribution in [0.15, 0.2) is 18.2 Å². The Morgan fingerprint density at radius 3 is 2.71 bits per heavy atom. The molecule has 1 aromatic heterocycles. The number of hydrogen-bond acceptors (Lipinski definition) is 2. The topological polar surface area (TPSA) is 24.9 Å². The molecule has 17 heavy (non-hydrogen) atoms. The minimum Gasteiger partial charge on any atom is -0.388 e. The second kappa shape index (κ2) is 3.69. The van der Waals surface area contributed by atoms with Gasteiger partial charge in [0.1, 0.15) is 11.3 Å². The number of aromatic nitrogens is 1. The minimum absolute atomic E-state index is 0.223. The van der Waals surface area contributed by atoms with E-state index in [-0.39, 0.29) is 5.82 Å². The van der Waals surface area contributed by atoms with Gasteiger partial charge in [-0.15, -0.1) is 0 Å². The Balaban J connectivity index is 2.31. The molecule has 0 spiro atoms. The molecule has 88 valence electrons. The fraction of sp³-hybridized carbons (Fsp3) is 0.357. The van der Waals surface area contributed by atoms with Crippen molar-refractivity contribution in [3.63, 3.8) is 0 Å². The number of hydrogen-bond donors (Lipinski definition) is 1. The second-order valence-electron chi connectivity index (χ2n) is 4.76. The molecule has 1 aliphatic carbocycles. The van der Waals surface area contributed by atoms with Gasteiger partial charge in [0.25, 0.3) is 0 Å². The molecule has 3 heteroatoms. The van der Waals surface area contributed by atoms with Crippen LogP contribution >= 0.6 is 0 Å². The van der Waals surface area contributed by atoms with Crippen LogP contribution < -0.4 is 5.32 Å². The van der Waals surface area contributed by atoms with Crippen molar-refractivity contribution < 1.29 is 4.39 Å². The van der Waals surface area contributed by atoms with Crippen LogP contribution in [0.3, 0.4) is 0 Å². The van der Waals surface area contributed by atoms with Gasteiger partial charge in [0.05, 0.1) is 0 Å². The van der Waals surface area contributed by atoms with Crippen LogP contribution in [0.1, 0.15) is 30.0 Å². The first kappa shape index (κ1) is 10.5. The van der Waals surface area contributed by atoms with E-state index in [1.807, 2.05) is 20.0 Å². The number of anilines is 1. The van der Waals surface area contributed by atoms with E-state index in [2.05, 4.69) is 16.4 Å². The Hall–Kier alpha value is -1.64. The normalized spacial score (nSPS) is 15.2. The zero-order chi connectivity index (χ0) is 12.0. The molecular weight excluding hydrogens is 215 g/mol. The number of benzene rings is 1. The number of fused-ring (bicyclic) bond motifs is 1. The zero-order valence-electron chi connectivity index (χ0n) is 10.0. The quantitative estimate of drug-likeness (QED) is 0.852. The van der Waals surface area contributed by atoms with Crippen LogP contribution in [0.5, 0.6) is 0 Å². The van der Waals surface area contributed by atoms with Crippen molar-refractivity contribution in [2.24, 2.45) is 0 Å². The highest BCUT2D eigenvalue weighted by Crippen LogP contribution is 2.41. The van der Waals surface area contributed by atoms with E-state index in [0.29, 0.717) is 11.4 Å². The lowest BCUT2D eigenvalue weighted by atomic mass is 10.1. The van der Waals surface area contributed by atoms with Crippen molar-refractivity contribution in [1.29, 1.82) is 0 Å². The highest BCUT2D eigenvalue weighted by molar-refractivity contribution is 5.92. The molecule has 1 N–H and O–H groups in total. The van der Waals surface area contributed by atoms with E-state index in [9.17, 15) is 4.39 Å². The Kier molecular flexibility index (Phi) is 2.28. The summed E-state index contributed by atoms with van der Waals surface area (Å²) in [6, 6.07) is 5.58. The van der Waals surface area contributed by atoms with Crippen molar-refractivity contribution in [1.82, 2.24) is 4.98 Å². The maximum atomic E-state index is 13.9. The van der Waals surface area contributed by atoms with Gasteiger partial charge in [-0.1, -0.05) is 0 Å². The fourth-order valence-corrected chi connectivity index (χ4v) is 2.24. The summed E-state index contributed by atoms with van der Waals surface area (Å²) in [4.78, 5) is 4.47. The first-order valence-corrected chi connectivity index (χ1v) is 5.97. The summed E-state index contributed by atoms with van der Waals surface area (Å²) >= 11 is 0. The molecule has 1 aromatic carbocycles. The van der Waals surface area contributed by atoms with Crippen molar-refractivity contribution in [3.8, 4) is 0 Å². The van der Waals surface area contributed by atoms with Gasteiger partial charge in [0.2, 0.25) is 0 Å². The van der Waals surface area contributed by atoms with Gasteiger partial charge in [0.15, 0.2) is 0 Å². The maximum Gasteiger partial charge on any atom is 0.149 e. The Bertz CT molecular complexity index is 588. The van der Waals surface area contributed by atoms with E-state index < -0.39 is 0 Å². The van der Waals surface area contributed by atoms with Crippen molar-refractivity contribution in [2.45, 2.75) is 25.7 Å². The third kappa shape index (κ3) is 1.75. The molecule has 1 saturated carbocycles. The van der Waals surface area contributed by atoms with Crippen LogP contribution in [-0.2, 0) is 0 Å². The van der Waals surface area contributed by atoms with Gasteiger partial charge in [-0.3, -0.25) is 0 Å². The Labute approximate surface area is 99.9 Å². The average Bonchev–Trinajstić information content (AvgIpc) is 3.11. The molecule has 0 atom stereocenters. The maximum absolute atomic E-state index is 13.9. The molecule has 0 amide bonds. The van der Waals surface area contributed by atoms with E-state index in [4.69, 9.17) is 0 Å². The Morgan fingerprint density at radius 2 is 2.06 bits per heavy atom. The lowest BCUT2D eigenvalue weighted by molar-refractivity contribution is 0.635. The molecule has 0 aliphatic heterocycles. The van der Waals surface area contributed by atoms with Crippen molar-refractivity contribution >= 4 is 16.6 Å². The van der Waals surface area contributed by atoms with Crippen molar-refractivity contribution in [2.75, 3.05) is 12.4 Å². The third-order valence-corrected chi connectivity index (χ3v) is 3.30. The summed E-state index contributed by atoms with van der Waals surface area (Å²) in [5.74, 6) is 0.311. The van der Waals surface area contributed by atoms with Gasteiger partial charge >= 0.3 is 0 Å². The first-order valence-electron chi connectivity index (χ1n) is 5.97. The molecule has 1 aliphatic rings. The fourth-order valence-electron chi connectivity index (χ4n) is 2.24. The number of aryl methyl sites for hydroxylation is 1. The number of pyridine rings is 1. The summed E-state index contributed by atoms with van der Waals surface area (Å²) in [6.07, 6.45) is 2.35. The molecule has 1 fully saturated rings. The number of nitrogens with zero attached hydrogens (tertiary/aromatic N) is 1. The highest BCUT2D eigenvalue weighted by Gasteiger charge is 2.26. The molecule has 0 unspecified atom stereocenters. The van der Waals surface area contributed by atoms with Crippen LogP contribution in [0.4, 0.5) is 10.1 Å². The highest BCUT2D eigenvalue weighted by atomic mass is 19.1. The smallest absolute Gasteiger partial charge is 0.149 e. The molecule has 1 heterocycles. The largest absolute Gasteiger partial charge is 0.388 e. The predicted molar refractivity (Wildman–Crippen MR) is 68.0 cm³/mol. The number of nitrogens with one attached hydrogen (secondary N) is 1. The second-order valence-corrected chi connectivity index (χ2v) is 4.76. The van der Waals surface area contributed by atoms with E-state index in [1.165, 1.54) is 12.8 Å². The van der Waals surface area contributed by atoms with Gasteiger partial charge in [-0.05, 0) is 43.5 Å². The first-order chi connectivity index (χ1) is 8.19. The zero-order valence-corrected chi connectivity index (χ0v) is 10.0. The standard InChI is InChI=1S/C14H15FN2/c1-8-5-10-13(16-2)7-12(9-3-4-9)17-14(10)11(15)6-8/h5-7,9H,3-4H2,1-2H3,(H,16,17). The summed E-state index contributed by atoms with van der Waals surface area (Å²) in [7, 11) is 1.87. The summed E-state index contributed by atoms with van der Waals surface area (Å²) in [5, 5.41) is 4.01. The monoisotopic (exact) mass is 230 g/mol. The average molecular weight is 230 g/mol. The van der Waals surface area contributed by atoms with Gasteiger partial charge in [-0.2, -0.15) is 0 Å². The lowest BCUT2D eigenvalue weighted by Crippen LogP contribution is -1.97. The van der Waals surface area contributed by atoms with Gasteiger partial charge < -0.3 is 5.32 Å². The van der Waals surface area contributed by atoms with E-state index in [0.717, 1.165) is 22.3 Å². The van der Waals surface area contributed by atoms with Crippen LogP contribution in [0, 0.1) is 12.7 Å². The third-order valence-electron chi connectivity index (χ3n) is 3.30. The molecular formula is C14H15FN2. The summed E-state index contributed by atoms with van der Waals surface area (Å²) < 4.78 is 13.9. The van der Waals surface area contributed by atoms with Gasteiger partial charge in [-0.25, -0.2) is 9.37 Å². The van der Waals surface area contributed by atoms with Crippen LogP contribution in [-0.4, -0.2) is 12.0 Å². The van der Waals surface area contributed by atoms with Crippen molar-refractivity contribution in [3.05, 3.63) is 35.3 Å². The SMILES string of the molecule is CNc1cc(C2CC2)nc2c(F)cc(C)cc12. The molecule has 2 nitrogen and oxygen atoms in total.